The summed E-state index contributed by atoms with van der Waals surface area (Å²) in [6, 6.07) is 55.2. The number of hydrogen-bond acceptors (Lipinski definition) is 2. The van der Waals surface area contributed by atoms with E-state index >= 15 is 0 Å². The van der Waals surface area contributed by atoms with Gasteiger partial charge in [-0.15, -0.1) is 0 Å². The van der Waals surface area contributed by atoms with E-state index in [4.69, 9.17) is 0 Å². The molecule has 1 spiro atoms. The number of fused-ring (bicyclic) bond motifs is 15. The standard InChI is InChI=1S/C42H24N2S/c43-25-26-17-20-28(21-18-26)44-37-24-23-36-41(39(37)32-22-19-27-9-1-2-10-29(27)40(32)44)45-38-16-8-7-15-35(38)42(36)33-13-5-3-11-30(33)31-12-4-6-14-34(31)42/h1-24H. The minimum absolute atomic E-state index is 0.418. The number of nitrogens with zero attached hydrogens (tertiary/aromatic N) is 2. The fourth-order valence-corrected chi connectivity index (χ4v) is 9.47. The highest BCUT2D eigenvalue weighted by Gasteiger charge is 2.50. The van der Waals surface area contributed by atoms with Gasteiger partial charge in [-0.3, -0.25) is 0 Å². The second-order valence-corrected chi connectivity index (χ2v) is 13.0. The molecule has 2 nitrogen and oxygen atoms in total. The molecule has 1 aliphatic heterocycles. The predicted octanol–water partition coefficient (Wildman–Crippen LogP) is 10.6. The van der Waals surface area contributed by atoms with Crippen LogP contribution in [0.1, 0.15) is 27.8 Å². The number of benzene rings is 7. The second-order valence-electron chi connectivity index (χ2n) is 12.0. The van der Waals surface area contributed by atoms with Crippen molar-refractivity contribution in [2.75, 3.05) is 0 Å². The van der Waals surface area contributed by atoms with E-state index in [1.54, 1.807) is 0 Å². The van der Waals surface area contributed by atoms with Crippen molar-refractivity contribution in [3.8, 4) is 22.9 Å². The van der Waals surface area contributed by atoms with E-state index in [1.165, 1.54) is 75.7 Å². The van der Waals surface area contributed by atoms with Gasteiger partial charge in [-0.05, 0) is 75.2 Å². The lowest BCUT2D eigenvalue weighted by Crippen LogP contribution is -2.32. The van der Waals surface area contributed by atoms with E-state index in [9.17, 15) is 5.26 Å². The van der Waals surface area contributed by atoms with Crippen LogP contribution < -0.4 is 0 Å². The molecule has 0 radical (unpaired) electrons. The molecule has 2 heterocycles. The fraction of sp³-hybridized carbons (Fsp3) is 0.0238. The van der Waals surface area contributed by atoms with Crippen molar-refractivity contribution in [2.45, 2.75) is 15.2 Å². The first-order chi connectivity index (χ1) is 22.3. The van der Waals surface area contributed by atoms with E-state index in [-0.39, 0.29) is 0 Å². The third-order valence-electron chi connectivity index (χ3n) is 9.88. The van der Waals surface area contributed by atoms with Crippen LogP contribution in [0, 0.1) is 11.3 Å². The molecule has 0 amide bonds. The van der Waals surface area contributed by atoms with Gasteiger partial charge in [0, 0.05) is 31.6 Å². The zero-order valence-corrected chi connectivity index (χ0v) is 25.0. The smallest absolute Gasteiger partial charge is 0.0991 e. The molecule has 0 saturated heterocycles. The van der Waals surface area contributed by atoms with Crippen LogP contribution in [0.3, 0.4) is 0 Å². The van der Waals surface area contributed by atoms with Crippen molar-refractivity contribution in [1.29, 1.82) is 5.26 Å². The van der Waals surface area contributed by atoms with Crippen molar-refractivity contribution in [3.05, 3.63) is 173 Å². The molecule has 0 unspecified atom stereocenters. The molecule has 2 aliphatic rings. The summed E-state index contributed by atoms with van der Waals surface area (Å²) < 4.78 is 2.40. The van der Waals surface area contributed by atoms with Crippen LogP contribution in [0.2, 0.25) is 0 Å². The van der Waals surface area contributed by atoms with Gasteiger partial charge in [-0.25, -0.2) is 0 Å². The minimum atomic E-state index is -0.418. The Morgan fingerprint density at radius 2 is 1.22 bits per heavy atom. The summed E-state index contributed by atoms with van der Waals surface area (Å²) in [6.45, 7) is 0. The van der Waals surface area contributed by atoms with Gasteiger partial charge < -0.3 is 4.57 Å². The molecule has 0 bridgehead atoms. The number of nitriles is 1. The molecule has 8 aromatic rings. The Morgan fingerprint density at radius 1 is 0.556 bits per heavy atom. The first-order valence-corrected chi connectivity index (χ1v) is 16.1. The topological polar surface area (TPSA) is 28.7 Å². The van der Waals surface area contributed by atoms with Gasteiger partial charge in [0.05, 0.1) is 28.1 Å². The molecule has 3 heteroatoms. The molecule has 0 N–H and O–H groups in total. The largest absolute Gasteiger partial charge is 0.309 e. The summed E-state index contributed by atoms with van der Waals surface area (Å²) in [6.07, 6.45) is 0. The fourth-order valence-electron chi connectivity index (χ4n) is 8.13. The molecule has 208 valence electrons. The SMILES string of the molecule is N#Cc1ccc(-n2c3ccc4c(c3c3ccc5ccccc5c32)Sc2ccccc2C42c3ccccc3-c3ccccc32)cc1. The highest BCUT2D eigenvalue weighted by Crippen LogP contribution is 2.63. The molecule has 0 fully saturated rings. The molecule has 45 heavy (non-hydrogen) atoms. The molecule has 7 aromatic carbocycles. The highest BCUT2D eigenvalue weighted by atomic mass is 32.2. The number of hydrogen-bond donors (Lipinski definition) is 0. The van der Waals surface area contributed by atoms with Crippen LogP contribution in [-0.4, -0.2) is 4.57 Å². The Kier molecular flexibility index (Phi) is 4.96. The molecular weight excluding hydrogens is 565 g/mol. The zero-order valence-electron chi connectivity index (χ0n) is 24.2. The Hall–Kier alpha value is -5.56. The molecular formula is C42H24N2S. The van der Waals surface area contributed by atoms with Crippen LogP contribution in [0.4, 0.5) is 0 Å². The van der Waals surface area contributed by atoms with Crippen LogP contribution in [0.15, 0.2) is 155 Å². The van der Waals surface area contributed by atoms with Crippen LogP contribution in [-0.2, 0) is 5.41 Å². The maximum Gasteiger partial charge on any atom is 0.0991 e. The first kappa shape index (κ1) is 24.8. The van der Waals surface area contributed by atoms with E-state index in [0.29, 0.717) is 5.56 Å². The molecule has 10 rings (SSSR count). The maximum atomic E-state index is 9.54. The van der Waals surface area contributed by atoms with Crippen molar-refractivity contribution in [3.63, 3.8) is 0 Å². The zero-order chi connectivity index (χ0) is 29.7. The Bertz CT molecular complexity index is 2540. The predicted molar refractivity (Wildman–Crippen MR) is 184 cm³/mol. The molecule has 1 aliphatic carbocycles. The van der Waals surface area contributed by atoms with E-state index < -0.39 is 5.41 Å². The van der Waals surface area contributed by atoms with Gasteiger partial charge in [-0.2, -0.15) is 5.26 Å². The van der Waals surface area contributed by atoms with Crippen molar-refractivity contribution in [1.82, 2.24) is 4.57 Å². The van der Waals surface area contributed by atoms with Crippen molar-refractivity contribution >= 4 is 44.3 Å². The lowest BCUT2D eigenvalue weighted by atomic mass is 9.67. The Balaban J connectivity index is 1.41. The summed E-state index contributed by atoms with van der Waals surface area (Å²) in [5, 5.41) is 14.5. The van der Waals surface area contributed by atoms with E-state index in [0.717, 1.165) is 5.69 Å². The first-order valence-electron chi connectivity index (χ1n) is 15.3. The van der Waals surface area contributed by atoms with Crippen LogP contribution in [0.25, 0.3) is 49.4 Å². The Morgan fingerprint density at radius 3 is 1.98 bits per heavy atom. The van der Waals surface area contributed by atoms with Crippen LogP contribution >= 0.6 is 11.8 Å². The summed E-state index contributed by atoms with van der Waals surface area (Å²) in [4.78, 5) is 2.61. The quantitative estimate of drug-likeness (QED) is 0.191. The van der Waals surface area contributed by atoms with Gasteiger partial charge in [0.25, 0.3) is 0 Å². The summed E-state index contributed by atoms with van der Waals surface area (Å²) in [7, 11) is 0. The average Bonchev–Trinajstić information content (AvgIpc) is 3.60. The monoisotopic (exact) mass is 588 g/mol. The third kappa shape index (κ3) is 3.09. The van der Waals surface area contributed by atoms with Gasteiger partial charge in [0.15, 0.2) is 0 Å². The van der Waals surface area contributed by atoms with E-state index in [2.05, 4.69) is 144 Å². The highest BCUT2D eigenvalue weighted by molar-refractivity contribution is 7.99. The average molecular weight is 589 g/mol. The van der Waals surface area contributed by atoms with Crippen molar-refractivity contribution < 1.29 is 0 Å². The summed E-state index contributed by atoms with van der Waals surface area (Å²) in [5.41, 5.74) is 11.7. The third-order valence-corrected chi connectivity index (χ3v) is 11.1. The lowest BCUT2D eigenvalue weighted by Gasteiger charge is -2.40. The van der Waals surface area contributed by atoms with Gasteiger partial charge in [0.2, 0.25) is 0 Å². The number of rotatable bonds is 1. The number of aromatic nitrogens is 1. The minimum Gasteiger partial charge on any atom is -0.309 e. The molecule has 0 atom stereocenters. The molecule has 0 saturated carbocycles. The second kappa shape index (κ2) is 8.99. The van der Waals surface area contributed by atoms with Gasteiger partial charge in [0.1, 0.15) is 0 Å². The van der Waals surface area contributed by atoms with Crippen LogP contribution in [0.5, 0.6) is 0 Å². The molecule has 1 aromatic heterocycles. The van der Waals surface area contributed by atoms with Gasteiger partial charge >= 0.3 is 0 Å². The lowest BCUT2D eigenvalue weighted by molar-refractivity contribution is 0.726. The van der Waals surface area contributed by atoms with Crippen molar-refractivity contribution in [2.24, 2.45) is 0 Å². The summed E-state index contributed by atoms with van der Waals surface area (Å²) >= 11 is 1.90. The summed E-state index contributed by atoms with van der Waals surface area (Å²) in [5.74, 6) is 0. The normalized spacial score (nSPS) is 13.8. The maximum absolute atomic E-state index is 9.54. The van der Waals surface area contributed by atoms with E-state index in [1.807, 2.05) is 23.9 Å². The Labute approximate surface area is 264 Å². The van der Waals surface area contributed by atoms with Gasteiger partial charge in [-0.1, -0.05) is 121 Å².